The zero-order valence-corrected chi connectivity index (χ0v) is 7.83. The summed E-state index contributed by atoms with van der Waals surface area (Å²) in [6, 6.07) is 11.0. The molecule has 0 aliphatic carbocycles. The summed E-state index contributed by atoms with van der Waals surface area (Å²) in [6.07, 6.45) is 0. The Kier molecular flexibility index (Phi) is 1.10. The second-order valence-electron chi connectivity index (χ2n) is 3.71. The highest BCUT2D eigenvalue weighted by Gasteiger charge is 2.06. The molecule has 3 aromatic heterocycles. The summed E-state index contributed by atoms with van der Waals surface area (Å²) in [6.45, 7) is 4.34. The van der Waals surface area contributed by atoms with Crippen molar-refractivity contribution in [1.82, 2.24) is 4.40 Å². The smallest absolute Gasteiger partial charge is 0.0491 e. The van der Waals surface area contributed by atoms with Gasteiger partial charge in [0.05, 0.1) is 0 Å². The molecule has 0 N–H and O–H groups in total. The lowest BCUT2D eigenvalue weighted by atomic mass is 10.1. The van der Waals surface area contributed by atoms with Gasteiger partial charge in [0.25, 0.3) is 0 Å². The van der Waals surface area contributed by atoms with Gasteiger partial charge >= 0.3 is 0 Å². The van der Waals surface area contributed by atoms with Gasteiger partial charge in [-0.15, -0.1) is 0 Å². The number of aryl methyl sites for hydroxylation is 2. The molecule has 64 valence electrons. The third-order valence-corrected chi connectivity index (χ3v) is 2.80. The first-order valence-corrected chi connectivity index (χ1v) is 4.57. The van der Waals surface area contributed by atoms with E-state index in [1.807, 2.05) is 0 Å². The Hall–Kier alpha value is -1.50. The second kappa shape index (κ2) is 2.05. The first kappa shape index (κ1) is 6.96. The standard InChI is InChI=1S/C12H11N/c1-8-7-9(2)12-6-4-10-3-5-11(8)13(10)12/h3-7H,1-2H3. The Morgan fingerprint density at radius 3 is 1.92 bits per heavy atom. The van der Waals surface area contributed by atoms with E-state index in [1.165, 1.54) is 27.7 Å². The van der Waals surface area contributed by atoms with E-state index >= 15 is 0 Å². The molecule has 1 nitrogen and oxygen atoms in total. The van der Waals surface area contributed by atoms with Crippen molar-refractivity contribution in [3.63, 3.8) is 0 Å². The van der Waals surface area contributed by atoms with Gasteiger partial charge in [0.2, 0.25) is 0 Å². The summed E-state index contributed by atoms with van der Waals surface area (Å²) in [4.78, 5) is 0. The van der Waals surface area contributed by atoms with Crippen molar-refractivity contribution in [2.45, 2.75) is 13.8 Å². The van der Waals surface area contributed by atoms with Crippen LogP contribution in [0.15, 0.2) is 30.3 Å². The van der Waals surface area contributed by atoms with Crippen molar-refractivity contribution in [2.75, 3.05) is 0 Å². The van der Waals surface area contributed by atoms with Gasteiger partial charge in [0.1, 0.15) is 0 Å². The molecule has 0 fully saturated rings. The van der Waals surface area contributed by atoms with Crippen molar-refractivity contribution < 1.29 is 0 Å². The predicted octanol–water partition coefficient (Wildman–Crippen LogP) is 3.15. The summed E-state index contributed by atoms with van der Waals surface area (Å²) < 4.78 is 2.32. The molecule has 0 amide bonds. The Balaban J connectivity index is 2.74. The largest absolute Gasteiger partial charge is 0.310 e. The molecule has 0 atom stereocenters. The van der Waals surface area contributed by atoms with Gasteiger partial charge in [-0.05, 0) is 49.2 Å². The molecule has 0 aliphatic rings. The molecule has 0 saturated carbocycles. The molecule has 0 saturated heterocycles. The normalized spacial score (nSPS) is 11.8. The minimum atomic E-state index is 1.30. The summed E-state index contributed by atoms with van der Waals surface area (Å²) >= 11 is 0. The van der Waals surface area contributed by atoms with E-state index in [0.29, 0.717) is 0 Å². The minimum Gasteiger partial charge on any atom is -0.310 e. The molecule has 1 heteroatoms. The minimum absolute atomic E-state index is 1.30. The Morgan fingerprint density at radius 2 is 1.38 bits per heavy atom. The van der Waals surface area contributed by atoms with Crippen LogP contribution in [-0.2, 0) is 0 Å². The van der Waals surface area contributed by atoms with Gasteiger partial charge in [0.15, 0.2) is 0 Å². The van der Waals surface area contributed by atoms with Gasteiger partial charge in [-0.2, -0.15) is 0 Å². The monoisotopic (exact) mass is 169 g/mol. The van der Waals surface area contributed by atoms with Gasteiger partial charge in [-0.25, -0.2) is 0 Å². The molecule has 3 rings (SSSR count). The zero-order chi connectivity index (χ0) is 9.00. The van der Waals surface area contributed by atoms with Crippen LogP contribution in [0.5, 0.6) is 0 Å². The Labute approximate surface area is 76.9 Å². The van der Waals surface area contributed by atoms with E-state index in [2.05, 4.69) is 48.6 Å². The molecular formula is C12H11N. The summed E-state index contributed by atoms with van der Waals surface area (Å²) in [5.41, 5.74) is 6.69. The SMILES string of the molecule is Cc1cc(C)c2ccc3ccc1n32. The molecule has 13 heavy (non-hydrogen) atoms. The van der Waals surface area contributed by atoms with Crippen LogP contribution in [0.25, 0.3) is 16.6 Å². The van der Waals surface area contributed by atoms with Crippen LogP contribution < -0.4 is 0 Å². The number of pyridine rings is 1. The van der Waals surface area contributed by atoms with Gasteiger partial charge in [-0.1, -0.05) is 6.07 Å². The van der Waals surface area contributed by atoms with Gasteiger partial charge in [-0.3, -0.25) is 0 Å². The third-order valence-electron chi connectivity index (χ3n) is 2.80. The Morgan fingerprint density at radius 1 is 0.846 bits per heavy atom. The fourth-order valence-electron chi connectivity index (χ4n) is 2.18. The molecule has 3 heterocycles. The molecule has 0 spiro atoms. The zero-order valence-electron chi connectivity index (χ0n) is 7.83. The van der Waals surface area contributed by atoms with Crippen LogP contribution in [0.4, 0.5) is 0 Å². The van der Waals surface area contributed by atoms with Crippen molar-refractivity contribution in [3.05, 3.63) is 41.5 Å². The molecule has 0 aliphatic heterocycles. The molecule has 0 aromatic carbocycles. The lowest BCUT2D eigenvalue weighted by molar-refractivity contribution is 1.27. The molecule has 0 radical (unpaired) electrons. The average molecular weight is 169 g/mol. The van der Waals surface area contributed by atoms with Gasteiger partial charge < -0.3 is 4.40 Å². The average Bonchev–Trinajstić information content (AvgIpc) is 2.60. The van der Waals surface area contributed by atoms with Crippen LogP contribution in [0.2, 0.25) is 0 Å². The second-order valence-corrected chi connectivity index (χ2v) is 3.71. The number of hydrogen-bond acceptors (Lipinski definition) is 0. The van der Waals surface area contributed by atoms with Crippen LogP contribution in [0, 0.1) is 13.8 Å². The van der Waals surface area contributed by atoms with Gasteiger partial charge in [0, 0.05) is 16.6 Å². The topological polar surface area (TPSA) is 4.41 Å². The fraction of sp³-hybridized carbons (Fsp3) is 0.167. The first-order chi connectivity index (χ1) is 6.27. The summed E-state index contributed by atoms with van der Waals surface area (Å²) in [5.74, 6) is 0. The van der Waals surface area contributed by atoms with E-state index < -0.39 is 0 Å². The van der Waals surface area contributed by atoms with E-state index in [-0.39, 0.29) is 0 Å². The van der Waals surface area contributed by atoms with Crippen LogP contribution in [-0.4, -0.2) is 4.40 Å². The highest BCUT2D eigenvalue weighted by molar-refractivity contribution is 5.78. The van der Waals surface area contributed by atoms with Crippen molar-refractivity contribution >= 4 is 16.6 Å². The maximum absolute atomic E-state index is 2.32. The van der Waals surface area contributed by atoms with Crippen molar-refractivity contribution in [3.8, 4) is 0 Å². The lowest BCUT2D eigenvalue weighted by Gasteiger charge is -2.03. The summed E-state index contributed by atoms with van der Waals surface area (Å²) in [5, 5.41) is 0. The van der Waals surface area contributed by atoms with Crippen LogP contribution >= 0.6 is 0 Å². The molecule has 0 bridgehead atoms. The van der Waals surface area contributed by atoms with Crippen LogP contribution in [0.3, 0.4) is 0 Å². The maximum Gasteiger partial charge on any atom is 0.0491 e. The molecule has 3 aromatic rings. The number of aromatic nitrogens is 1. The molecular weight excluding hydrogens is 158 g/mol. The predicted molar refractivity (Wildman–Crippen MR) is 55.6 cm³/mol. The summed E-state index contributed by atoms with van der Waals surface area (Å²) in [7, 11) is 0. The van der Waals surface area contributed by atoms with Crippen molar-refractivity contribution in [2.24, 2.45) is 0 Å². The van der Waals surface area contributed by atoms with Crippen LogP contribution in [0.1, 0.15) is 11.1 Å². The maximum atomic E-state index is 2.32. The van der Waals surface area contributed by atoms with E-state index in [1.54, 1.807) is 0 Å². The lowest BCUT2D eigenvalue weighted by Crippen LogP contribution is -1.88. The Bertz CT molecular complexity index is 528. The number of hydrogen-bond donors (Lipinski definition) is 0. The third kappa shape index (κ3) is 0.718. The number of rotatable bonds is 0. The fourth-order valence-corrected chi connectivity index (χ4v) is 2.18. The van der Waals surface area contributed by atoms with E-state index in [4.69, 9.17) is 0 Å². The van der Waals surface area contributed by atoms with E-state index in [0.717, 1.165) is 0 Å². The van der Waals surface area contributed by atoms with E-state index in [9.17, 15) is 0 Å². The highest BCUT2D eigenvalue weighted by atomic mass is 14.9. The van der Waals surface area contributed by atoms with Crippen molar-refractivity contribution in [1.29, 1.82) is 0 Å². The highest BCUT2D eigenvalue weighted by Crippen LogP contribution is 2.24. The molecule has 0 unspecified atom stereocenters. The first-order valence-electron chi connectivity index (χ1n) is 4.57. The number of nitrogens with zero attached hydrogens (tertiary/aromatic N) is 1. The quantitative estimate of drug-likeness (QED) is 0.487.